The number of alkyl halides is 3. The van der Waals surface area contributed by atoms with E-state index in [1.165, 1.54) is 0 Å². The first-order valence-electron chi connectivity index (χ1n) is 9.37. The normalized spacial score (nSPS) is 13.1. The second kappa shape index (κ2) is 10.7. The molecule has 2 aromatic carbocycles. The van der Waals surface area contributed by atoms with E-state index in [-0.39, 0.29) is 5.69 Å². The van der Waals surface area contributed by atoms with Gasteiger partial charge in [0.1, 0.15) is 10.6 Å². The number of nitrogens with one attached hydrogen (secondary N) is 1. The molecule has 0 aliphatic heterocycles. The molecule has 0 unspecified atom stereocenters. The maximum absolute atomic E-state index is 13.6. The Labute approximate surface area is 208 Å². The Kier molecular flexibility index (Phi) is 8.67. The van der Waals surface area contributed by atoms with Crippen molar-refractivity contribution in [3.05, 3.63) is 35.9 Å². The van der Waals surface area contributed by atoms with Crippen molar-refractivity contribution in [3.8, 4) is 0 Å². The van der Waals surface area contributed by atoms with E-state index in [0.717, 1.165) is 19.1 Å². The quantitative estimate of drug-likeness (QED) is 0.188. The van der Waals surface area contributed by atoms with E-state index >= 15 is 0 Å². The van der Waals surface area contributed by atoms with Crippen LogP contribution in [0.3, 0.4) is 0 Å². The summed E-state index contributed by atoms with van der Waals surface area (Å²) in [6, 6.07) is 3.21. The van der Waals surface area contributed by atoms with Crippen molar-refractivity contribution < 1.29 is 56.5 Å². The number of hydrogen-bond acceptors (Lipinski definition) is 11. The van der Waals surface area contributed by atoms with Crippen LogP contribution in [0.15, 0.2) is 50.4 Å². The molecule has 0 aromatic heterocycles. The van der Waals surface area contributed by atoms with E-state index in [4.69, 9.17) is 10.3 Å². The number of nitrogens with two attached hydrogens (primary N) is 1. The standard InChI is InChI=1S/C17H17F3N4O10S3/c1-9(25)22-13-7-12(21)16(36(28,29)30)8-14(13)24-23-10-2-3-15(11(6-10)17(18,19)20)35(26,27)5-4-34-37(31,32)33/h2-3,6-8H,4-5,21H2,1H3,(H,22,25)(H,28,29,30)(H,31,32,33). The molecule has 2 aromatic rings. The molecule has 204 valence electrons. The smallest absolute Gasteiger partial charge is 0.398 e. The number of carbonyl (C=O) groups excluding carboxylic acids is 1. The molecule has 2 rings (SSSR count). The van der Waals surface area contributed by atoms with Crippen LogP contribution in [0, 0.1) is 0 Å². The summed E-state index contributed by atoms with van der Waals surface area (Å²) >= 11 is 0. The van der Waals surface area contributed by atoms with Crippen LogP contribution in [0.1, 0.15) is 12.5 Å². The monoisotopic (exact) mass is 590 g/mol. The van der Waals surface area contributed by atoms with Gasteiger partial charge in [0.05, 0.1) is 39.9 Å². The molecule has 1 amide bonds. The molecule has 0 bridgehead atoms. The van der Waals surface area contributed by atoms with Gasteiger partial charge >= 0.3 is 16.6 Å². The summed E-state index contributed by atoms with van der Waals surface area (Å²) < 4.78 is 131. The highest BCUT2D eigenvalue weighted by molar-refractivity contribution is 7.91. The minimum atomic E-state index is -5.24. The van der Waals surface area contributed by atoms with E-state index < -0.39 is 87.2 Å². The average Bonchev–Trinajstić information content (AvgIpc) is 2.69. The van der Waals surface area contributed by atoms with Crippen LogP contribution >= 0.6 is 0 Å². The summed E-state index contributed by atoms with van der Waals surface area (Å²) in [6.07, 6.45) is -5.24. The highest BCUT2D eigenvalue weighted by atomic mass is 32.3. The molecule has 0 spiro atoms. The zero-order chi connectivity index (χ0) is 28.4. The van der Waals surface area contributed by atoms with Gasteiger partial charge in [-0.2, -0.15) is 35.1 Å². The SMILES string of the molecule is CC(=O)Nc1cc(N)c(S(=O)(=O)O)cc1N=Nc1ccc(S(=O)(=O)CCOS(=O)(=O)O)c(C(F)(F)F)c1. The van der Waals surface area contributed by atoms with Gasteiger partial charge in [-0.3, -0.25) is 13.9 Å². The van der Waals surface area contributed by atoms with E-state index in [2.05, 4.69) is 19.7 Å². The lowest BCUT2D eigenvalue weighted by Gasteiger charge is -2.14. The number of sulfone groups is 1. The van der Waals surface area contributed by atoms with Crippen molar-refractivity contribution in [1.82, 2.24) is 0 Å². The van der Waals surface area contributed by atoms with Gasteiger partial charge < -0.3 is 11.1 Å². The Bertz CT molecular complexity index is 1570. The van der Waals surface area contributed by atoms with Crippen LogP contribution in [0.25, 0.3) is 0 Å². The van der Waals surface area contributed by atoms with Gasteiger partial charge in [-0.05, 0) is 30.3 Å². The lowest BCUT2D eigenvalue weighted by atomic mass is 10.2. The minimum Gasteiger partial charge on any atom is -0.398 e. The third-order valence-electron chi connectivity index (χ3n) is 4.18. The topological polar surface area (TPSA) is 232 Å². The maximum Gasteiger partial charge on any atom is 0.417 e. The third-order valence-corrected chi connectivity index (χ3v) is 7.28. The number of nitrogens with zero attached hydrogens (tertiary/aromatic N) is 2. The largest absolute Gasteiger partial charge is 0.417 e. The number of anilines is 2. The molecule has 0 aliphatic rings. The van der Waals surface area contributed by atoms with Crippen molar-refractivity contribution >= 4 is 59.0 Å². The van der Waals surface area contributed by atoms with E-state index in [0.29, 0.717) is 18.2 Å². The number of rotatable bonds is 9. The average molecular weight is 591 g/mol. The van der Waals surface area contributed by atoms with Crippen molar-refractivity contribution in [2.45, 2.75) is 22.9 Å². The van der Waals surface area contributed by atoms with Gasteiger partial charge in [0, 0.05) is 6.92 Å². The molecule has 5 N–H and O–H groups in total. The molecule has 0 radical (unpaired) electrons. The first-order chi connectivity index (χ1) is 16.7. The summed E-state index contributed by atoms with van der Waals surface area (Å²) in [6.45, 7) is -0.0946. The van der Waals surface area contributed by atoms with Crippen LogP contribution < -0.4 is 11.1 Å². The van der Waals surface area contributed by atoms with Crippen molar-refractivity contribution in [3.63, 3.8) is 0 Å². The van der Waals surface area contributed by atoms with Crippen LogP contribution in [0.4, 0.5) is 35.9 Å². The summed E-state index contributed by atoms with van der Waals surface area (Å²) in [5.74, 6) is -1.90. The second-order valence-electron chi connectivity index (χ2n) is 7.01. The first-order valence-corrected chi connectivity index (χ1v) is 13.8. The fraction of sp³-hybridized carbons (Fsp3) is 0.235. The van der Waals surface area contributed by atoms with Crippen molar-refractivity contribution in [1.29, 1.82) is 0 Å². The van der Waals surface area contributed by atoms with Gasteiger partial charge in [0.15, 0.2) is 9.84 Å². The van der Waals surface area contributed by atoms with Crippen LogP contribution in [0.5, 0.6) is 0 Å². The predicted octanol–water partition coefficient (Wildman–Crippen LogP) is 2.50. The second-order valence-corrected chi connectivity index (χ2v) is 11.6. The lowest BCUT2D eigenvalue weighted by molar-refractivity contribution is -0.139. The van der Waals surface area contributed by atoms with E-state index in [9.17, 15) is 47.8 Å². The number of azo groups is 1. The Morgan fingerprint density at radius 2 is 1.65 bits per heavy atom. The Hall–Kier alpha value is -3.17. The molecular weight excluding hydrogens is 573 g/mol. The lowest BCUT2D eigenvalue weighted by Crippen LogP contribution is -2.19. The first kappa shape index (κ1) is 30.1. The molecule has 20 heteroatoms. The summed E-state index contributed by atoms with van der Waals surface area (Å²) in [7, 11) is -14.7. The molecule has 0 heterocycles. The van der Waals surface area contributed by atoms with Crippen LogP contribution in [-0.4, -0.2) is 52.6 Å². The Balaban J connectivity index is 2.56. The van der Waals surface area contributed by atoms with Gasteiger partial charge in [-0.1, -0.05) is 0 Å². The van der Waals surface area contributed by atoms with Crippen molar-refractivity contribution in [2.75, 3.05) is 23.4 Å². The fourth-order valence-corrected chi connectivity index (χ4v) is 5.05. The molecule has 0 atom stereocenters. The van der Waals surface area contributed by atoms with Gasteiger partial charge in [-0.25, -0.2) is 12.6 Å². The van der Waals surface area contributed by atoms with Crippen molar-refractivity contribution in [2.24, 2.45) is 10.2 Å². The number of amides is 1. The molecular formula is C17H17F3N4O10S3. The van der Waals surface area contributed by atoms with E-state index in [1.807, 2.05) is 0 Å². The summed E-state index contributed by atoms with van der Waals surface area (Å²) in [4.78, 5) is 9.33. The number of hydrogen-bond donors (Lipinski definition) is 4. The van der Waals surface area contributed by atoms with Gasteiger partial charge in [-0.15, -0.1) is 5.11 Å². The van der Waals surface area contributed by atoms with E-state index in [1.54, 1.807) is 0 Å². The molecule has 0 saturated carbocycles. The number of halogens is 3. The molecule has 0 aliphatic carbocycles. The minimum absolute atomic E-state index is 0.213. The van der Waals surface area contributed by atoms with Crippen LogP contribution in [0.2, 0.25) is 0 Å². The molecule has 14 nitrogen and oxygen atoms in total. The maximum atomic E-state index is 13.6. The Morgan fingerprint density at radius 3 is 2.16 bits per heavy atom. The Morgan fingerprint density at radius 1 is 1.03 bits per heavy atom. The third kappa shape index (κ3) is 8.43. The predicted molar refractivity (Wildman–Crippen MR) is 120 cm³/mol. The fourth-order valence-electron chi connectivity index (χ4n) is 2.73. The molecule has 37 heavy (non-hydrogen) atoms. The zero-order valence-corrected chi connectivity index (χ0v) is 20.7. The highest BCUT2D eigenvalue weighted by Crippen LogP contribution is 2.38. The summed E-state index contributed by atoms with van der Waals surface area (Å²) in [5.41, 5.74) is 2.13. The van der Waals surface area contributed by atoms with Gasteiger partial charge in [0.2, 0.25) is 5.91 Å². The van der Waals surface area contributed by atoms with Crippen LogP contribution in [-0.2, 0) is 45.5 Å². The number of benzene rings is 2. The van der Waals surface area contributed by atoms with Gasteiger partial charge in [0.25, 0.3) is 10.1 Å². The molecule has 0 fully saturated rings. The number of nitrogen functional groups attached to an aromatic ring is 1. The zero-order valence-electron chi connectivity index (χ0n) is 18.3. The number of carbonyl (C=O) groups is 1. The molecule has 0 saturated heterocycles. The highest BCUT2D eigenvalue weighted by Gasteiger charge is 2.37. The summed E-state index contributed by atoms with van der Waals surface area (Å²) in [5, 5.41) is 9.34.